The molecular weight excluding hydrogens is 346 g/mol. The zero-order valence-corrected chi connectivity index (χ0v) is 15.1. The zero-order valence-electron chi connectivity index (χ0n) is 15.1. The molecule has 0 saturated heterocycles. The van der Waals surface area contributed by atoms with E-state index in [4.69, 9.17) is 9.47 Å². The lowest BCUT2D eigenvalue weighted by molar-refractivity contribution is -0.133. The number of benzene rings is 2. The van der Waals surface area contributed by atoms with E-state index in [9.17, 15) is 9.59 Å². The summed E-state index contributed by atoms with van der Waals surface area (Å²) in [6.07, 6.45) is 4.13. The van der Waals surface area contributed by atoms with Gasteiger partial charge in [0.25, 0.3) is 5.91 Å². The maximum absolute atomic E-state index is 12.2. The number of ether oxygens (including phenoxy) is 2. The second-order valence-corrected chi connectivity index (χ2v) is 5.96. The van der Waals surface area contributed by atoms with Gasteiger partial charge in [0.1, 0.15) is 5.75 Å². The topological polar surface area (TPSA) is 81.6 Å². The number of esters is 1. The number of methoxy groups -OCH3 is 1. The third kappa shape index (κ3) is 4.58. The SMILES string of the molecule is COc1ccc2cc(CN(C)C(=O)COC(=O)c3cnccn3)ccc2c1. The van der Waals surface area contributed by atoms with Crippen molar-refractivity contribution in [2.75, 3.05) is 20.8 Å². The summed E-state index contributed by atoms with van der Waals surface area (Å²) in [5.74, 6) is -0.181. The molecule has 138 valence electrons. The number of fused-ring (bicyclic) bond motifs is 1. The van der Waals surface area contributed by atoms with Gasteiger partial charge in [0.15, 0.2) is 12.3 Å². The number of amides is 1. The summed E-state index contributed by atoms with van der Waals surface area (Å²) < 4.78 is 10.2. The Kier molecular flexibility index (Phi) is 5.61. The third-order valence-corrected chi connectivity index (χ3v) is 4.06. The molecule has 1 heterocycles. The normalized spacial score (nSPS) is 10.4. The molecule has 0 N–H and O–H groups in total. The summed E-state index contributed by atoms with van der Waals surface area (Å²) in [6.45, 7) is 0.0557. The molecule has 0 spiro atoms. The number of rotatable bonds is 6. The molecule has 3 rings (SSSR count). The van der Waals surface area contributed by atoms with Gasteiger partial charge in [-0.05, 0) is 34.5 Å². The predicted molar refractivity (Wildman–Crippen MR) is 99.3 cm³/mol. The van der Waals surface area contributed by atoms with Gasteiger partial charge in [-0.3, -0.25) is 9.78 Å². The highest BCUT2D eigenvalue weighted by molar-refractivity contribution is 5.89. The number of hydrogen-bond donors (Lipinski definition) is 0. The van der Waals surface area contributed by atoms with Crippen LogP contribution in [0.1, 0.15) is 16.1 Å². The van der Waals surface area contributed by atoms with E-state index < -0.39 is 5.97 Å². The van der Waals surface area contributed by atoms with Crippen LogP contribution in [0.2, 0.25) is 0 Å². The van der Waals surface area contributed by atoms with E-state index in [0.29, 0.717) is 6.54 Å². The first-order valence-electron chi connectivity index (χ1n) is 8.30. The molecule has 0 aliphatic heterocycles. The van der Waals surface area contributed by atoms with Crippen molar-refractivity contribution in [3.63, 3.8) is 0 Å². The molecule has 7 heteroatoms. The molecule has 0 saturated carbocycles. The molecule has 1 aromatic heterocycles. The van der Waals surface area contributed by atoms with Crippen LogP contribution in [0, 0.1) is 0 Å². The molecule has 0 aliphatic rings. The van der Waals surface area contributed by atoms with Crippen LogP contribution in [-0.2, 0) is 16.1 Å². The second-order valence-electron chi connectivity index (χ2n) is 5.96. The molecule has 0 bridgehead atoms. The lowest BCUT2D eigenvalue weighted by Gasteiger charge is -2.17. The Morgan fingerprint density at radius 2 is 1.85 bits per heavy atom. The summed E-state index contributed by atoms with van der Waals surface area (Å²) in [5.41, 5.74) is 1.04. The molecule has 0 radical (unpaired) electrons. The maximum Gasteiger partial charge on any atom is 0.359 e. The van der Waals surface area contributed by atoms with Crippen LogP contribution in [-0.4, -0.2) is 47.5 Å². The first-order chi connectivity index (χ1) is 13.1. The van der Waals surface area contributed by atoms with Gasteiger partial charge in [0, 0.05) is 26.0 Å². The van der Waals surface area contributed by atoms with Crippen LogP contribution < -0.4 is 4.74 Å². The Labute approximate surface area is 156 Å². The molecule has 2 aromatic carbocycles. The number of aromatic nitrogens is 2. The van der Waals surface area contributed by atoms with Crippen molar-refractivity contribution >= 4 is 22.6 Å². The Balaban J connectivity index is 1.59. The van der Waals surface area contributed by atoms with E-state index in [1.807, 2.05) is 36.4 Å². The predicted octanol–water partition coefficient (Wildman–Crippen LogP) is 2.45. The molecule has 1 amide bonds. The summed E-state index contributed by atoms with van der Waals surface area (Å²) in [6, 6.07) is 11.8. The van der Waals surface area contributed by atoms with Crippen molar-refractivity contribution in [1.82, 2.24) is 14.9 Å². The van der Waals surface area contributed by atoms with E-state index in [2.05, 4.69) is 9.97 Å². The maximum atomic E-state index is 12.2. The molecule has 0 unspecified atom stereocenters. The van der Waals surface area contributed by atoms with Crippen molar-refractivity contribution in [1.29, 1.82) is 0 Å². The van der Waals surface area contributed by atoms with Crippen LogP contribution in [0.5, 0.6) is 5.75 Å². The minimum atomic E-state index is -0.676. The van der Waals surface area contributed by atoms with Crippen LogP contribution in [0.25, 0.3) is 10.8 Å². The Morgan fingerprint density at radius 1 is 1.07 bits per heavy atom. The molecule has 27 heavy (non-hydrogen) atoms. The first-order valence-corrected chi connectivity index (χ1v) is 8.30. The highest BCUT2D eigenvalue weighted by Crippen LogP contribution is 2.22. The van der Waals surface area contributed by atoms with Crippen LogP contribution in [0.15, 0.2) is 55.0 Å². The minimum Gasteiger partial charge on any atom is -0.497 e. The van der Waals surface area contributed by atoms with Gasteiger partial charge in [-0.2, -0.15) is 0 Å². The second kappa shape index (κ2) is 8.27. The smallest absolute Gasteiger partial charge is 0.359 e. The Hall–Kier alpha value is -3.48. The van der Waals surface area contributed by atoms with Gasteiger partial charge in [-0.25, -0.2) is 9.78 Å². The largest absolute Gasteiger partial charge is 0.497 e. The average molecular weight is 365 g/mol. The highest BCUT2D eigenvalue weighted by atomic mass is 16.5. The molecule has 0 fully saturated rings. The number of carbonyl (C=O) groups is 2. The van der Waals surface area contributed by atoms with Gasteiger partial charge in [0.2, 0.25) is 0 Å². The summed E-state index contributed by atoms with van der Waals surface area (Å²) in [4.78, 5) is 33.2. The van der Waals surface area contributed by atoms with Gasteiger partial charge in [0.05, 0.1) is 13.3 Å². The van der Waals surface area contributed by atoms with E-state index in [0.717, 1.165) is 22.1 Å². The molecule has 7 nitrogen and oxygen atoms in total. The number of likely N-dealkylation sites (N-methyl/N-ethyl adjacent to an activating group) is 1. The van der Waals surface area contributed by atoms with Gasteiger partial charge in [-0.1, -0.05) is 18.2 Å². The van der Waals surface area contributed by atoms with Gasteiger partial charge >= 0.3 is 5.97 Å². The average Bonchev–Trinajstić information content (AvgIpc) is 2.71. The van der Waals surface area contributed by atoms with Crippen molar-refractivity contribution in [3.05, 3.63) is 66.2 Å². The lowest BCUT2D eigenvalue weighted by Crippen LogP contribution is -2.31. The van der Waals surface area contributed by atoms with Crippen molar-refractivity contribution in [2.24, 2.45) is 0 Å². The van der Waals surface area contributed by atoms with Crippen LogP contribution in [0.3, 0.4) is 0 Å². The van der Waals surface area contributed by atoms with Crippen molar-refractivity contribution in [2.45, 2.75) is 6.54 Å². The van der Waals surface area contributed by atoms with Crippen molar-refractivity contribution in [3.8, 4) is 5.75 Å². The Morgan fingerprint density at radius 3 is 2.59 bits per heavy atom. The number of nitrogens with zero attached hydrogens (tertiary/aromatic N) is 3. The minimum absolute atomic E-state index is 0.0675. The zero-order chi connectivity index (χ0) is 19.2. The fraction of sp³-hybridized carbons (Fsp3) is 0.200. The summed E-state index contributed by atoms with van der Waals surface area (Å²) in [5, 5.41) is 2.12. The van der Waals surface area contributed by atoms with Crippen LogP contribution in [0.4, 0.5) is 0 Å². The fourth-order valence-electron chi connectivity index (χ4n) is 2.58. The number of carbonyl (C=O) groups excluding carboxylic acids is 2. The molecule has 0 atom stereocenters. The standard InChI is InChI=1S/C20H19N3O4/c1-23(19(24)13-27-20(25)18-11-21-7-8-22-18)12-14-3-4-16-10-17(26-2)6-5-15(16)9-14/h3-11H,12-13H2,1-2H3. The Bertz CT molecular complexity index is 960. The van der Waals surface area contributed by atoms with Crippen molar-refractivity contribution < 1.29 is 19.1 Å². The van der Waals surface area contributed by atoms with E-state index >= 15 is 0 Å². The highest BCUT2D eigenvalue weighted by Gasteiger charge is 2.15. The first kappa shape index (κ1) is 18.3. The molecule has 3 aromatic rings. The van der Waals surface area contributed by atoms with Crippen LogP contribution >= 0.6 is 0 Å². The van der Waals surface area contributed by atoms with Gasteiger partial charge < -0.3 is 14.4 Å². The monoisotopic (exact) mass is 365 g/mol. The van der Waals surface area contributed by atoms with E-state index in [1.54, 1.807) is 14.2 Å². The molecular formula is C20H19N3O4. The van der Waals surface area contributed by atoms with Gasteiger partial charge in [-0.15, -0.1) is 0 Å². The molecule has 0 aliphatic carbocycles. The quantitative estimate of drug-likeness (QED) is 0.624. The summed E-state index contributed by atoms with van der Waals surface area (Å²) in [7, 11) is 3.30. The third-order valence-electron chi connectivity index (χ3n) is 4.06. The lowest BCUT2D eigenvalue weighted by atomic mass is 10.1. The number of hydrogen-bond acceptors (Lipinski definition) is 6. The van der Waals surface area contributed by atoms with E-state index in [-0.39, 0.29) is 18.2 Å². The fourth-order valence-corrected chi connectivity index (χ4v) is 2.58. The van der Waals surface area contributed by atoms with E-state index in [1.165, 1.54) is 23.5 Å². The summed E-state index contributed by atoms with van der Waals surface area (Å²) >= 11 is 0.